The molecule has 1 amide bonds. The number of benzene rings is 3. The predicted octanol–water partition coefficient (Wildman–Crippen LogP) is 6.21. The molecule has 4 rings (SSSR count). The van der Waals surface area contributed by atoms with Gasteiger partial charge in [-0.15, -0.1) is 11.8 Å². The maximum absolute atomic E-state index is 13.7. The molecule has 0 spiro atoms. The Morgan fingerprint density at radius 1 is 1.03 bits per heavy atom. The molecular weight excluding hydrogens is 418 g/mol. The first-order chi connectivity index (χ1) is 15.1. The lowest BCUT2D eigenvalue weighted by Crippen LogP contribution is -2.42. The summed E-state index contributed by atoms with van der Waals surface area (Å²) >= 11 is 1.47. The van der Waals surface area contributed by atoms with Crippen LogP contribution in [-0.4, -0.2) is 28.8 Å². The highest BCUT2D eigenvalue weighted by Crippen LogP contribution is 2.49. The highest BCUT2D eigenvalue weighted by molar-refractivity contribution is 8.01. The van der Waals surface area contributed by atoms with Gasteiger partial charge in [-0.3, -0.25) is 9.59 Å². The number of thioether (sulfide) groups is 1. The van der Waals surface area contributed by atoms with Crippen molar-refractivity contribution in [2.24, 2.45) is 5.41 Å². The molecule has 0 aliphatic carbocycles. The van der Waals surface area contributed by atoms with Crippen LogP contribution in [0.15, 0.2) is 60.7 Å². The highest BCUT2D eigenvalue weighted by atomic mass is 32.2. The fraction of sp³-hybridized carbons (Fsp3) is 0.333. The molecule has 5 heteroatoms. The van der Waals surface area contributed by atoms with Gasteiger partial charge in [0.1, 0.15) is 0 Å². The van der Waals surface area contributed by atoms with E-state index >= 15 is 0 Å². The van der Waals surface area contributed by atoms with Gasteiger partial charge in [-0.05, 0) is 40.3 Å². The molecule has 0 unspecified atom stereocenters. The van der Waals surface area contributed by atoms with Gasteiger partial charge in [0, 0.05) is 12.2 Å². The summed E-state index contributed by atoms with van der Waals surface area (Å²) in [6, 6.07) is 20.7. The Kier molecular flexibility index (Phi) is 6.04. The highest BCUT2D eigenvalue weighted by Gasteiger charge is 2.39. The van der Waals surface area contributed by atoms with Crippen molar-refractivity contribution in [3.63, 3.8) is 0 Å². The third-order valence-corrected chi connectivity index (χ3v) is 7.17. The van der Waals surface area contributed by atoms with Crippen molar-refractivity contribution in [3.8, 4) is 0 Å². The Balaban J connectivity index is 1.96. The van der Waals surface area contributed by atoms with Gasteiger partial charge in [0.2, 0.25) is 5.91 Å². The molecule has 32 heavy (non-hydrogen) atoms. The monoisotopic (exact) mass is 447 g/mol. The van der Waals surface area contributed by atoms with Gasteiger partial charge >= 0.3 is 5.97 Å². The van der Waals surface area contributed by atoms with Gasteiger partial charge in [0.15, 0.2) is 0 Å². The minimum absolute atomic E-state index is 0.125. The summed E-state index contributed by atoms with van der Waals surface area (Å²) in [5.74, 6) is -1.08. The molecule has 3 aromatic rings. The number of carbonyl (C=O) groups excluding carboxylic acids is 1. The number of nitrogens with zero attached hydrogens (tertiary/aromatic N) is 1. The largest absolute Gasteiger partial charge is 0.481 e. The van der Waals surface area contributed by atoms with E-state index in [1.54, 1.807) is 0 Å². The van der Waals surface area contributed by atoms with Crippen LogP contribution in [0.5, 0.6) is 0 Å². The molecule has 0 aromatic heterocycles. The van der Waals surface area contributed by atoms with Crippen LogP contribution in [-0.2, 0) is 9.59 Å². The number of carbonyl (C=O) groups is 2. The number of hydrogen-bond acceptors (Lipinski definition) is 3. The lowest BCUT2D eigenvalue weighted by atomic mass is 9.93. The van der Waals surface area contributed by atoms with Gasteiger partial charge in [-0.2, -0.15) is 0 Å². The molecular formula is C27H29NO3S. The molecule has 1 aliphatic rings. The molecule has 3 aromatic carbocycles. The van der Waals surface area contributed by atoms with Crippen molar-refractivity contribution in [2.45, 2.75) is 44.6 Å². The normalized spacial score (nSPS) is 19.0. The van der Waals surface area contributed by atoms with Crippen molar-refractivity contribution in [1.82, 2.24) is 0 Å². The second kappa shape index (κ2) is 8.62. The molecule has 0 saturated carbocycles. The summed E-state index contributed by atoms with van der Waals surface area (Å²) in [5, 5.41) is 11.1. The predicted molar refractivity (Wildman–Crippen MR) is 132 cm³/mol. The van der Waals surface area contributed by atoms with Gasteiger partial charge in [0.05, 0.1) is 16.9 Å². The smallest absolute Gasteiger partial charge is 0.305 e. The molecule has 2 atom stereocenters. The van der Waals surface area contributed by atoms with E-state index in [1.165, 1.54) is 11.8 Å². The van der Waals surface area contributed by atoms with E-state index in [9.17, 15) is 14.7 Å². The van der Waals surface area contributed by atoms with Crippen LogP contribution in [0.2, 0.25) is 0 Å². The third kappa shape index (κ3) is 4.53. The van der Waals surface area contributed by atoms with Gasteiger partial charge < -0.3 is 10.0 Å². The molecule has 0 fully saturated rings. The minimum Gasteiger partial charge on any atom is -0.481 e. The summed E-state index contributed by atoms with van der Waals surface area (Å²) in [5.41, 5.74) is 4.05. The lowest BCUT2D eigenvalue weighted by Gasteiger charge is -2.31. The number of aliphatic carboxylic acids is 1. The van der Waals surface area contributed by atoms with Crippen LogP contribution in [0.3, 0.4) is 0 Å². The van der Waals surface area contributed by atoms with Crippen LogP contribution < -0.4 is 4.90 Å². The second-order valence-corrected chi connectivity index (χ2v) is 11.0. The fourth-order valence-electron chi connectivity index (χ4n) is 4.37. The van der Waals surface area contributed by atoms with E-state index in [-0.39, 0.29) is 23.0 Å². The van der Waals surface area contributed by atoms with E-state index in [1.807, 2.05) is 35.2 Å². The summed E-state index contributed by atoms with van der Waals surface area (Å²) in [7, 11) is 0. The number of carboxylic acid groups (broad SMARTS) is 1. The Morgan fingerprint density at radius 3 is 2.47 bits per heavy atom. The SMILES string of the molecule is Cc1ccc2c(c1)[C@H](c1cccc3ccccc13)S[C@@H](CC(=O)O)C(=O)N2CC(C)(C)C. The summed E-state index contributed by atoms with van der Waals surface area (Å²) < 4.78 is 0. The number of aryl methyl sites for hydroxylation is 1. The zero-order valence-electron chi connectivity index (χ0n) is 19.0. The van der Waals surface area contributed by atoms with Gasteiger partial charge in [-0.25, -0.2) is 0 Å². The molecule has 166 valence electrons. The van der Waals surface area contributed by atoms with E-state index < -0.39 is 11.2 Å². The third-order valence-electron chi connectivity index (χ3n) is 5.70. The van der Waals surface area contributed by atoms with Crippen LogP contribution >= 0.6 is 11.8 Å². The Morgan fingerprint density at radius 2 is 1.75 bits per heavy atom. The second-order valence-electron chi connectivity index (χ2n) is 9.72. The van der Waals surface area contributed by atoms with Crippen LogP contribution in [0.4, 0.5) is 5.69 Å². The first-order valence-corrected chi connectivity index (χ1v) is 11.9. The Bertz CT molecular complexity index is 1180. The minimum atomic E-state index is -0.953. The molecule has 0 saturated heterocycles. The van der Waals surface area contributed by atoms with Crippen molar-refractivity contribution in [3.05, 3.63) is 77.4 Å². The molecule has 1 heterocycles. The molecule has 1 aliphatic heterocycles. The number of anilines is 1. The van der Waals surface area contributed by atoms with Crippen molar-refractivity contribution in [2.75, 3.05) is 11.4 Å². The number of amides is 1. The molecule has 0 bridgehead atoms. The van der Waals surface area contributed by atoms with Crippen LogP contribution in [0, 0.1) is 12.3 Å². The quantitative estimate of drug-likeness (QED) is 0.517. The standard InChI is InChI=1S/C27H29NO3S/c1-17-12-13-22-21(14-17)25(20-11-7-9-18-8-5-6-10-19(18)20)32-23(15-24(29)30)26(31)28(22)16-27(2,3)4/h5-14,23,25H,15-16H2,1-4H3,(H,29,30)/t23-,25-/m0/s1. The number of rotatable bonds is 4. The maximum atomic E-state index is 13.7. The van der Waals surface area contributed by atoms with Gasteiger partial charge in [0.25, 0.3) is 0 Å². The number of fused-ring (bicyclic) bond motifs is 2. The van der Waals surface area contributed by atoms with E-state index in [0.29, 0.717) is 6.54 Å². The summed E-state index contributed by atoms with van der Waals surface area (Å²) in [6.45, 7) is 8.88. The first-order valence-electron chi connectivity index (χ1n) is 10.9. The Labute approximate surface area is 193 Å². The maximum Gasteiger partial charge on any atom is 0.305 e. The number of hydrogen-bond donors (Lipinski definition) is 1. The summed E-state index contributed by atoms with van der Waals surface area (Å²) in [4.78, 5) is 27.2. The average Bonchev–Trinajstić information content (AvgIpc) is 2.82. The van der Waals surface area contributed by atoms with Crippen molar-refractivity contribution in [1.29, 1.82) is 0 Å². The van der Waals surface area contributed by atoms with Crippen LogP contribution in [0.25, 0.3) is 10.8 Å². The van der Waals surface area contributed by atoms with E-state index in [4.69, 9.17) is 0 Å². The average molecular weight is 448 g/mol. The zero-order valence-corrected chi connectivity index (χ0v) is 19.8. The molecule has 4 nitrogen and oxygen atoms in total. The summed E-state index contributed by atoms with van der Waals surface area (Å²) in [6.07, 6.45) is -0.196. The van der Waals surface area contributed by atoms with Crippen LogP contribution in [0.1, 0.15) is 49.1 Å². The van der Waals surface area contributed by atoms with Gasteiger partial charge in [-0.1, -0.05) is 80.9 Å². The van der Waals surface area contributed by atoms with Crippen molar-refractivity contribution < 1.29 is 14.7 Å². The van der Waals surface area contributed by atoms with E-state index in [2.05, 4.69) is 58.0 Å². The molecule has 1 N–H and O–H groups in total. The topological polar surface area (TPSA) is 57.6 Å². The van der Waals surface area contributed by atoms with Crippen molar-refractivity contribution >= 4 is 40.1 Å². The fourth-order valence-corrected chi connectivity index (χ4v) is 5.87. The lowest BCUT2D eigenvalue weighted by molar-refractivity contribution is -0.138. The zero-order chi connectivity index (χ0) is 23.0. The first kappa shape index (κ1) is 22.4. The molecule has 0 radical (unpaired) electrons. The Hall–Kier alpha value is -2.79. The van der Waals surface area contributed by atoms with E-state index in [0.717, 1.165) is 33.2 Å². The number of carboxylic acids is 1.